The minimum atomic E-state index is -0.274. The first-order chi connectivity index (χ1) is 5.65. The summed E-state index contributed by atoms with van der Waals surface area (Å²) >= 11 is 0. The van der Waals surface area contributed by atoms with Crippen LogP contribution in [0.4, 0.5) is 0 Å². The summed E-state index contributed by atoms with van der Waals surface area (Å²) in [6.07, 6.45) is 0. The lowest BCUT2D eigenvalue weighted by atomic mass is 9.95. The second-order valence-electron chi connectivity index (χ2n) is 3.15. The summed E-state index contributed by atoms with van der Waals surface area (Å²) in [4.78, 5) is 13.3. The maximum atomic E-state index is 10.7. The van der Waals surface area contributed by atoms with Gasteiger partial charge in [-0.1, -0.05) is 13.8 Å². The number of nitrogens with one attached hydrogen (secondary N) is 2. The molecule has 12 heavy (non-hydrogen) atoms. The van der Waals surface area contributed by atoms with Crippen LogP contribution in [0.3, 0.4) is 0 Å². The Balaban J connectivity index is 2.87. The fourth-order valence-corrected chi connectivity index (χ4v) is 1.16. The molecule has 1 heterocycles. The monoisotopic (exact) mass is 170 g/mol. The van der Waals surface area contributed by atoms with Crippen LogP contribution in [0.5, 0.6) is 0 Å². The summed E-state index contributed by atoms with van der Waals surface area (Å²) in [5.74, 6) is 1.16. The summed E-state index contributed by atoms with van der Waals surface area (Å²) in [5, 5.41) is 6.16. The third-order valence-electron chi connectivity index (χ3n) is 1.93. The van der Waals surface area contributed by atoms with Crippen molar-refractivity contribution in [1.29, 1.82) is 0 Å². The standard InChI is InChI=1S/C7H14N4O/c1-4(2)5(3-8)6-9-7(12)11-10-6/h4-5H,3,8H2,1-2H3,(H2,9,10,11,12). The number of hydrogen-bond acceptors (Lipinski definition) is 3. The molecule has 5 heteroatoms. The van der Waals surface area contributed by atoms with Crippen molar-refractivity contribution in [2.45, 2.75) is 19.8 Å². The summed E-state index contributed by atoms with van der Waals surface area (Å²) in [7, 11) is 0. The highest BCUT2D eigenvalue weighted by Gasteiger charge is 2.16. The number of nitrogens with two attached hydrogens (primary N) is 1. The zero-order valence-electron chi connectivity index (χ0n) is 7.29. The van der Waals surface area contributed by atoms with Gasteiger partial charge in [0.25, 0.3) is 0 Å². The average Bonchev–Trinajstić information content (AvgIpc) is 2.37. The van der Waals surface area contributed by atoms with E-state index in [-0.39, 0.29) is 11.6 Å². The van der Waals surface area contributed by atoms with Crippen LogP contribution in [-0.2, 0) is 0 Å². The van der Waals surface area contributed by atoms with E-state index >= 15 is 0 Å². The molecule has 0 amide bonds. The molecule has 0 saturated carbocycles. The molecule has 1 atom stereocenters. The second kappa shape index (κ2) is 3.53. The van der Waals surface area contributed by atoms with Gasteiger partial charge >= 0.3 is 5.69 Å². The van der Waals surface area contributed by atoms with Crippen LogP contribution in [0, 0.1) is 5.92 Å². The van der Waals surface area contributed by atoms with Gasteiger partial charge in [-0.25, -0.2) is 9.89 Å². The van der Waals surface area contributed by atoms with Gasteiger partial charge in [0.2, 0.25) is 0 Å². The van der Waals surface area contributed by atoms with Gasteiger partial charge in [0.1, 0.15) is 5.82 Å². The topological polar surface area (TPSA) is 87.6 Å². The van der Waals surface area contributed by atoms with Crippen molar-refractivity contribution in [2.75, 3.05) is 6.54 Å². The molecule has 0 spiro atoms. The lowest BCUT2D eigenvalue weighted by Crippen LogP contribution is -2.19. The number of rotatable bonds is 3. The molecule has 5 nitrogen and oxygen atoms in total. The van der Waals surface area contributed by atoms with Crippen LogP contribution in [0.25, 0.3) is 0 Å². The Labute approximate surface area is 70.4 Å². The van der Waals surface area contributed by atoms with Crippen LogP contribution in [0.1, 0.15) is 25.6 Å². The Morgan fingerprint density at radius 1 is 1.58 bits per heavy atom. The predicted octanol–water partition coefficient (Wildman–Crippen LogP) is -0.204. The molecule has 1 aromatic heterocycles. The van der Waals surface area contributed by atoms with Crippen LogP contribution in [0.15, 0.2) is 4.79 Å². The summed E-state index contributed by atoms with van der Waals surface area (Å²) in [6.45, 7) is 4.59. The minimum Gasteiger partial charge on any atom is -0.330 e. The van der Waals surface area contributed by atoms with Gasteiger partial charge in [-0.15, -0.1) is 0 Å². The maximum absolute atomic E-state index is 10.7. The fourth-order valence-electron chi connectivity index (χ4n) is 1.16. The highest BCUT2D eigenvalue weighted by Crippen LogP contribution is 2.17. The lowest BCUT2D eigenvalue weighted by Gasteiger charge is -2.14. The molecule has 1 unspecified atom stereocenters. The molecule has 0 aliphatic rings. The third kappa shape index (κ3) is 1.73. The van der Waals surface area contributed by atoms with Gasteiger partial charge < -0.3 is 5.73 Å². The molecular formula is C7H14N4O. The minimum absolute atomic E-state index is 0.129. The number of aromatic nitrogens is 3. The Kier molecular flexibility index (Phi) is 2.65. The van der Waals surface area contributed by atoms with E-state index in [0.717, 1.165) is 0 Å². The Bertz CT molecular complexity index is 288. The van der Waals surface area contributed by atoms with Crippen molar-refractivity contribution in [3.8, 4) is 0 Å². The average molecular weight is 170 g/mol. The first kappa shape index (κ1) is 8.99. The van der Waals surface area contributed by atoms with Crippen molar-refractivity contribution >= 4 is 0 Å². The van der Waals surface area contributed by atoms with E-state index in [1.54, 1.807) is 0 Å². The molecule has 1 rings (SSSR count). The zero-order valence-corrected chi connectivity index (χ0v) is 7.29. The van der Waals surface area contributed by atoms with Crippen LogP contribution in [0.2, 0.25) is 0 Å². The number of nitrogens with zero attached hydrogens (tertiary/aromatic N) is 1. The molecule has 0 aliphatic heterocycles. The van der Waals surface area contributed by atoms with Gasteiger partial charge in [0.05, 0.1) is 0 Å². The van der Waals surface area contributed by atoms with Crippen LogP contribution < -0.4 is 11.4 Å². The molecule has 0 aromatic carbocycles. The number of H-pyrrole nitrogens is 2. The molecule has 0 radical (unpaired) electrons. The van der Waals surface area contributed by atoms with Crippen molar-refractivity contribution in [1.82, 2.24) is 15.2 Å². The second-order valence-corrected chi connectivity index (χ2v) is 3.15. The zero-order chi connectivity index (χ0) is 9.14. The predicted molar refractivity (Wildman–Crippen MR) is 45.8 cm³/mol. The van der Waals surface area contributed by atoms with Gasteiger partial charge in [-0.3, -0.25) is 4.98 Å². The van der Waals surface area contributed by atoms with Gasteiger partial charge in [-0.2, -0.15) is 5.10 Å². The largest absolute Gasteiger partial charge is 0.340 e. The van der Waals surface area contributed by atoms with E-state index < -0.39 is 0 Å². The lowest BCUT2D eigenvalue weighted by molar-refractivity contribution is 0.484. The van der Waals surface area contributed by atoms with E-state index in [1.807, 2.05) is 13.8 Å². The van der Waals surface area contributed by atoms with E-state index in [1.165, 1.54) is 0 Å². The smallest absolute Gasteiger partial charge is 0.330 e. The van der Waals surface area contributed by atoms with Gasteiger partial charge in [0, 0.05) is 12.5 Å². The summed E-state index contributed by atoms with van der Waals surface area (Å²) in [6, 6.07) is 0. The normalized spacial score (nSPS) is 13.7. The Morgan fingerprint density at radius 2 is 2.25 bits per heavy atom. The fraction of sp³-hybridized carbons (Fsp3) is 0.714. The quantitative estimate of drug-likeness (QED) is 0.586. The van der Waals surface area contributed by atoms with E-state index in [4.69, 9.17) is 5.73 Å². The Hall–Kier alpha value is -1.10. The highest BCUT2D eigenvalue weighted by atomic mass is 16.1. The SMILES string of the molecule is CC(C)C(CN)c1n[nH]c(=O)[nH]1. The molecule has 68 valence electrons. The summed E-state index contributed by atoms with van der Waals surface area (Å²) in [5.41, 5.74) is 5.27. The van der Waals surface area contributed by atoms with E-state index in [2.05, 4.69) is 15.2 Å². The molecule has 1 aromatic rings. The molecule has 0 fully saturated rings. The first-order valence-electron chi connectivity index (χ1n) is 3.99. The van der Waals surface area contributed by atoms with Crippen molar-refractivity contribution in [3.63, 3.8) is 0 Å². The molecule has 0 saturated heterocycles. The Morgan fingerprint density at radius 3 is 2.58 bits per heavy atom. The van der Waals surface area contributed by atoms with Crippen molar-refractivity contribution in [3.05, 3.63) is 16.3 Å². The van der Waals surface area contributed by atoms with Gasteiger partial charge in [-0.05, 0) is 5.92 Å². The summed E-state index contributed by atoms with van der Waals surface area (Å²) < 4.78 is 0. The highest BCUT2D eigenvalue weighted by molar-refractivity contribution is 4.95. The van der Waals surface area contributed by atoms with Crippen LogP contribution in [-0.4, -0.2) is 21.7 Å². The number of aromatic amines is 2. The molecule has 4 N–H and O–H groups in total. The van der Waals surface area contributed by atoms with Gasteiger partial charge in [0.15, 0.2) is 0 Å². The maximum Gasteiger partial charge on any atom is 0.340 e. The van der Waals surface area contributed by atoms with Crippen molar-refractivity contribution < 1.29 is 0 Å². The van der Waals surface area contributed by atoms with E-state index in [0.29, 0.717) is 18.3 Å². The molecule has 0 aliphatic carbocycles. The van der Waals surface area contributed by atoms with Crippen molar-refractivity contribution in [2.24, 2.45) is 11.7 Å². The number of hydrogen-bond donors (Lipinski definition) is 3. The molecule has 0 bridgehead atoms. The third-order valence-corrected chi connectivity index (χ3v) is 1.93. The molecular weight excluding hydrogens is 156 g/mol. The van der Waals surface area contributed by atoms with Crippen LogP contribution >= 0.6 is 0 Å². The van der Waals surface area contributed by atoms with E-state index in [9.17, 15) is 4.79 Å². The first-order valence-corrected chi connectivity index (χ1v) is 3.99.